The molecule has 2 rings (SSSR count). The van der Waals surface area contributed by atoms with Crippen molar-refractivity contribution in [2.75, 3.05) is 19.8 Å². The number of nitrogens with one attached hydrogen (secondary N) is 2. The van der Waals surface area contributed by atoms with Gasteiger partial charge in [0.2, 0.25) is 0 Å². The summed E-state index contributed by atoms with van der Waals surface area (Å²) in [5.41, 5.74) is 0.571. The molecule has 4 nitrogen and oxygen atoms in total. The maximum atomic E-state index is 10.6. The molecule has 0 saturated carbocycles. The third-order valence-corrected chi connectivity index (χ3v) is 2.67. The predicted octanol–water partition coefficient (Wildman–Crippen LogP) is -1.01. The van der Waals surface area contributed by atoms with Gasteiger partial charge >= 0.3 is 0 Å². The molecule has 2 N–H and O–H groups in total. The van der Waals surface area contributed by atoms with Crippen molar-refractivity contribution in [3.63, 3.8) is 0 Å². The van der Waals surface area contributed by atoms with Crippen molar-refractivity contribution in [1.82, 2.24) is 16.0 Å². The first-order valence-corrected chi connectivity index (χ1v) is 4.25. The molecule has 2 aliphatic rings. The van der Waals surface area contributed by atoms with E-state index in [0.29, 0.717) is 12.4 Å². The number of hydrogen-bond acceptors (Lipinski definition) is 3. The summed E-state index contributed by atoms with van der Waals surface area (Å²) in [6.45, 7) is 2.38. The highest BCUT2D eigenvalue weighted by Gasteiger charge is 2.40. The molecule has 4 heteroatoms. The van der Waals surface area contributed by atoms with Gasteiger partial charge in [-0.1, -0.05) is 0 Å². The van der Waals surface area contributed by atoms with E-state index < -0.39 is 0 Å². The van der Waals surface area contributed by atoms with Crippen LogP contribution in [0.4, 0.5) is 0 Å². The number of piperidine rings is 1. The lowest BCUT2D eigenvalue weighted by Crippen LogP contribution is -2.48. The minimum absolute atomic E-state index is 0.122. The second-order valence-corrected chi connectivity index (χ2v) is 3.26. The molecule has 0 atom stereocenters. The maximum absolute atomic E-state index is 10.6. The van der Waals surface area contributed by atoms with Crippen molar-refractivity contribution >= 4 is 5.94 Å². The number of rotatable bonds is 0. The summed E-state index contributed by atoms with van der Waals surface area (Å²) in [4.78, 5) is 10.6. The first-order valence-electron chi connectivity index (χ1n) is 4.25. The molecule has 0 bridgehead atoms. The van der Waals surface area contributed by atoms with E-state index in [9.17, 15) is 4.79 Å². The van der Waals surface area contributed by atoms with Gasteiger partial charge in [0.25, 0.3) is 0 Å². The fourth-order valence-corrected chi connectivity index (χ4v) is 1.90. The number of hydrogen-bond donors (Lipinski definition) is 2. The van der Waals surface area contributed by atoms with Crippen LogP contribution >= 0.6 is 0 Å². The average molecular weight is 166 g/mol. The van der Waals surface area contributed by atoms with Gasteiger partial charge in [-0.15, -0.1) is 0 Å². The molecular formula is C8H12N3O. The van der Waals surface area contributed by atoms with E-state index in [1.807, 2.05) is 5.94 Å². The van der Waals surface area contributed by atoms with E-state index >= 15 is 0 Å². The molecule has 65 valence electrons. The molecule has 2 aliphatic heterocycles. The molecule has 0 aromatic heterocycles. The van der Waals surface area contributed by atoms with Crippen LogP contribution in [0.2, 0.25) is 0 Å². The Bertz CT molecular complexity index is 226. The van der Waals surface area contributed by atoms with Gasteiger partial charge in [-0.3, -0.25) is 5.32 Å². The highest BCUT2D eigenvalue weighted by molar-refractivity contribution is 5.57. The Kier molecular flexibility index (Phi) is 1.89. The van der Waals surface area contributed by atoms with Crippen molar-refractivity contribution in [3.05, 3.63) is 5.70 Å². The summed E-state index contributed by atoms with van der Waals surface area (Å²) in [5, 5.41) is 10.6. The van der Waals surface area contributed by atoms with Crippen molar-refractivity contribution in [2.24, 2.45) is 0 Å². The van der Waals surface area contributed by atoms with E-state index in [-0.39, 0.29) is 5.54 Å². The van der Waals surface area contributed by atoms with E-state index in [1.165, 1.54) is 0 Å². The molecule has 12 heavy (non-hydrogen) atoms. The first-order chi connectivity index (χ1) is 5.87. The van der Waals surface area contributed by atoms with Crippen LogP contribution < -0.4 is 16.0 Å². The second-order valence-electron chi connectivity index (χ2n) is 3.26. The lowest BCUT2D eigenvalue weighted by Gasteiger charge is -2.31. The average Bonchev–Trinajstić information content (AvgIpc) is 2.49. The van der Waals surface area contributed by atoms with Crippen LogP contribution in [-0.4, -0.2) is 31.2 Å². The Hall–Kier alpha value is -0.830. The van der Waals surface area contributed by atoms with Crippen LogP contribution in [0.25, 0.3) is 0 Å². The molecule has 0 aliphatic carbocycles. The van der Waals surface area contributed by atoms with Gasteiger partial charge in [-0.05, 0) is 12.8 Å². The molecule has 0 aromatic rings. The molecular weight excluding hydrogens is 154 g/mol. The Morgan fingerprint density at radius 2 is 2.17 bits per heavy atom. The standard InChI is InChI=1S/C8H12N3O/c12-5-7-8(11-6-10-7)1-3-9-4-2-8/h10-11H,1-4,6H2. The minimum atomic E-state index is -0.122. The molecule has 2 saturated heterocycles. The summed E-state index contributed by atoms with van der Waals surface area (Å²) in [6.07, 6.45) is 1.84. The zero-order valence-electron chi connectivity index (χ0n) is 6.89. The summed E-state index contributed by atoms with van der Waals surface area (Å²) >= 11 is 0. The fraction of sp³-hybridized carbons (Fsp3) is 0.750. The Balaban J connectivity index is 2.22. The van der Waals surface area contributed by atoms with Gasteiger partial charge < -0.3 is 5.32 Å². The lowest BCUT2D eigenvalue weighted by molar-refractivity contribution is 0.318. The third kappa shape index (κ3) is 1.05. The minimum Gasteiger partial charge on any atom is -0.365 e. The van der Waals surface area contributed by atoms with Gasteiger partial charge in [0.15, 0.2) is 0 Å². The molecule has 1 spiro atoms. The molecule has 0 amide bonds. The normalized spacial score (nSPS) is 26.8. The van der Waals surface area contributed by atoms with Crippen LogP contribution in [0.1, 0.15) is 12.8 Å². The number of nitrogens with zero attached hydrogens (tertiary/aromatic N) is 1. The Morgan fingerprint density at radius 1 is 1.42 bits per heavy atom. The quantitative estimate of drug-likeness (QED) is 0.453. The van der Waals surface area contributed by atoms with Crippen LogP contribution in [0.5, 0.6) is 0 Å². The van der Waals surface area contributed by atoms with E-state index in [4.69, 9.17) is 0 Å². The van der Waals surface area contributed by atoms with Crippen LogP contribution in [0.3, 0.4) is 0 Å². The van der Waals surface area contributed by atoms with Crippen molar-refractivity contribution in [1.29, 1.82) is 0 Å². The van der Waals surface area contributed by atoms with Gasteiger partial charge in [-0.2, -0.15) is 0 Å². The Labute approximate surface area is 71.4 Å². The van der Waals surface area contributed by atoms with Crippen molar-refractivity contribution in [3.8, 4) is 0 Å². The molecule has 0 aromatic carbocycles. The number of carbonyl (C=O) groups excluding carboxylic acids is 1. The van der Waals surface area contributed by atoms with Crippen molar-refractivity contribution < 1.29 is 4.79 Å². The monoisotopic (exact) mass is 166 g/mol. The topological polar surface area (TPSA) is 55.2 Å². The van der Waals surface area contributed by atoms with Gasteiger partial charge in [0, 0.05) is 13.1 Å². The molecule has 2 fully saturated rings. The Morgan fingerprint density at radius 3 is 2.83 bits per heavy atom. The van der Waals surface area contributed by atoms with Crippen LogP contribution in [-0.2, 0) is 4.79 Å². The smallest absolute Gasteiger partial charge is 0.147 e. The second kappa shape index (κ2) is 2.90. The van der Waals surface area contributed by atoms with Crippen molar-refractivity contribution in [2.45, 2.75) is 18.4 Å². The first kappa shape index (κ1) is 7.80. The summed E-state index contributed by atoms with van der Waals surface area (Å²) in [6, 6.07) is 0. The van der Waals surface area contributed by atoms with Crippen LogP contribution in [0.15, 0.2) is 5.70 Å². The molecule has 1 radical (unpaired) electrons. The van der Waals surface area contributed by atoms with Gasteiger partial charge in [0.1, 0.15) is 11.6 Å². The fourth-order valence-electron chi connectivity index (χ4n) is 1.90. The van der Waals surface area contributed by atoms with E-state index in [1.54, 1.807) is 0 Å². The lowest BCUT2D eigenvalue weighted by atomic mass is 9.87. The van der Waals surface area contributed by atoms with E-state index in [2.05, 4.69) is 16.0 Å². The van der Waals surface area contributed by atoms with Crippen LogP contribution in [0, 0.1) is 0 Å². The zero-order chi connectivity index (χ0) is 8.44. The maximum Gasteiger partial charge on any atom is 0.147 e. The predicted molar refractivity (Wildman–Crippen MR) is 44.2 cm³/mol. The van der Waals surface area contributed by atoms with Gasteiger partial charge in [-0.25, -0.2) is 10.1 Å². The van der Waals surface area contributed by atoms with Gasteiger partial charge in [0.05, 0.1) is 12.2 Å². The molecule has 2 heterocycles. The molecule has 0 unspecified atom stereocenters. The highest BCUT2D eigenvalue weighted by atomic mass is 16.1. The summed E-state index contributed by atoms with van der Waals surface area (Å²) in [7, 11) is 0. The summed E-state index contributed by atoms with van der Waals surface area (Å²) in [5.74, 6) is 1.98. The van der Waals surface area contributed by atoms with E-state index in [0.717, 1.165) is 25.9 Å². The largest absolute Gasteiger partial charge is 0.365 e. The highest BCUT2D eigenvalue weighted by Crippen LogP contribution is 2.26. The third-order valence-electron chi connectivity index (χ3n) is 2.67. The zero-order valence-corrected chi connectivity index (χ0v) is 6.89. The SMILES string of the molecule is O=C=C1NCNC12CC[N]CC2. The summed E-state index contributed by atoms with van der Waals surface area (Å²) < 4.78 is 0.